The highest BCUT2D eigenvalue weighted by atomic mass is 16.7. The van der Waals surface area contributed by atoms with Gasteiger partial charge in [-0.2, -0.15) is 0 Å². The predicted molar refractivity (Wildman–Crippen MR) is 266 cm³/mol. The van der Waals surface area contributed by atoms with Crippen LogP contribution in [0.25, 0.3) is 0 Å². The molecule has 5 atom stereocenters. The smallest absolute Gasteiger partial charge is 0.221 e. The zero-order chi connectivity index (χ0) is 50.1. The molecule has 0 aromatic heterocycles. The fourth-order valence-corrected chi connectivity index (χ4v) is 5.14. The third-order valence-electron chi connectivity index (χ3n) is 8.03. The summed E-state index contributed by atoms with van der Waals surface area (Å²) >= 11 is 0. The quantitative estimate of drug-likeness (QED) is 0.0335. The van der Waals surface area contributed by atoms with Crippen LogP contribution in [0.4, 0.5) is 0 Å². The summed E-state index contributed by atoms with van der Waals surface area (Å²) in [6.07, 6.45) is 2.65. The molecule has 1 saturated heterocycles. The molecule has 0 aromatic rings. The predicted octanol–water partition coefficient (Wildman–Crippen LogP) is 2.99. The van der Waals surface area contributed by atoms with Crippen molar-refractivity contribution in [3.05, 3.63) is 0 Å². The van der Waals surface area contributed by atoms with Crippen molar-refractivity contribution in [2.45, 2.75) is 151 Å². The van der Waals surface area contributed by atoms with Crippen LogP contribution in [-0.2, 0) is 42.9 Å². The Labute approximate surface area is 392 Å². The molecular weight excluding hydrogens is 823 g/mol. The van der Waals surface area contributed by atoms with Crippen molar-refractivity contribution >= 4 is 24.0 Å². The van der Waals surface area contributed by atoms with Crippen LogP contribution in [0.5, 0.6) is 0 Å². The summed E-state index contributed by atoms with van der Waals surface area (Å²) in [5.41, 5.74) is 0. The van der Waals surface area contributed by atoms with Crippen molar-refractivity contribution in [1.29, 1.82) is 0 Å². The van der Waals surface area contributed by atoms with E-state index in [0.717, 1.165) is 25.8 Å². The second-order valence-electron chi connectivity index (χ2n) is 12.7. The van der Waals surface area contributed by atoms with Gasteiger partial charge in [0.15, 0.2) is 6.29 Å². The van der Waals surface area contributed by atoms with Gasteiger partial charge in [0.05, 0.1) is 6.61 Å². The SMILES string of the molecule is CC.CC.CC.CC.CC.CNCCC=O.CNCCCOC1C(OCCCNC(=O)CCNC)OC(CNC)C(OCCCNC(=O)CCNC)C1OCCCNC(=O)CCNC. The summed E-state index contributed by atoms with van der Waals surface area (Å²) in [5, 5.41) is 26.9. The second-order valence-corrected chi connectivity index (χ2v) is 12.7. The van der Waals surface area contributed by atoms with E-state index in [1.165, 1.54) is 0 Å². The number of hydrogen-bond acceptors (Lipinski definition) is 15. The summed E-state index contributed by atoms with van der Waals surface area (Å²) < 4.78 is 32.1. The molecule has 1 rings (SSSR count). The van der Waals surface area contributed by atoms with Gasteiger partial charge in [-0.1, -0.05) is 69.2 Å². The zero-order valence-electron chi connectivity index (χ0n) is 44.0. The molecule has 1 aliphatic rings. The van der Waals surface area contributed by atoms with Gasteiger partial charge in [-0.25, -0.2) is 0 Å². The Morgan fingerprint density at radius 3 is 1.12 bits per heavy atom. The molecule has 0 bridgehead atoms. The van der Waals surface area contributed by atoms with Crippen LogP contribution in [0.2, 0.25) is 0 Å². The van der Waals surface area contributed by atoms with E-state index in [1.807, 2.05) is 112 Å². The Hall–Kier alpha value is -2.36. The van der Waals surface area contributed by atoms with Crippen LogP contribution in [0.1, 0.15) is 121 Å². The lowest BCUT2D eigenvalue weighted by Crippen LogP contribution is -2.63. The lowest BCUT2D eigenvalue weighted by Gasteiger charge is -2.46. The molecule has 1 heterocycles. The molecule has 0 spiro atoms. The largest absolute Gasteiger partial charge is 0.373 e. The topological polar surface area (TPSA) is 223 Å². The van der Waals surface area contributed by atoms with Crippen molar-refractivity contribution in [2.75, 3.05) is 128 Å². The second kappa shape index (κ2) is 64.9. The van der Waals surface area contributed by atoms with Crippen LogP contribution >= 0.6 is 0 Å². The molecular formula is C46H105N9O9. The maximum atomic E-state index is 12.1. The van der Waals surface area contributed by atoms with E-state index in [4.69, 9.17) is 23.7 Å². The lowest BCUT2D eigenvalue weighted by atomic mass is 9.97. The van der Waals surface area contributed by atoms with Gasteiger partial charge in [0.1, 0.15) is 30.7 Å². The minimum absolute atomic E-state index is 0.00905. The summed E-state index contributed by atoms with van der Waals surface area (Å²) in [7, 11) is 11.0. The number of ether oxygens (including phenoxy) is 5. The van der Waals surface area contributed by atoms with E-state index >= 15 is 0 Å². The van der Waals surface area contributed by atoms with Crippen molar-refractivity contribution in [3.8, 4) is 0 Å². The van der Waals surface area contributed by atoms with Gasteiger partial charge in [0.25, 0.3) is 0 Å². The molecule has 1 aliphatic heterocycles. The highest BCUT2D eigenvalue weighted by Gasteiger charge is 2.48. The number of likely N-dealkylation sites (N-methyl/N-ethyl adjacent to an activating group) is 1. The maximum absolute atomic E-state index is 12.1. The molecule has 18 heteroatoms. The Kier molecular flexibility index (Phi) is 74.3. The van der Waals surface area contributed by atoms with E-state index in [9.17, 15) is 19.2 Å². The van der Waals surface area contributed by atoms with E-state index in [-0.39, 0.29) is 17.7 Å². The number of rotatable bonds is 34. The number of nitrogens with one attached hydrogen (secondary N) is 9. The maximum Gasteiger partial charge on any atom is 0.221 e. The minimum Gasteiger partial charge on any atom is -0.373 e. The van der Waals surface area contributed by atoms with Gasteiger partial charge in [-0.15, -0.1) is 0 Å². The van der Waals surface area contributed by atoms with Gasteiger partial charge in [0.2, 0.25) is 17.7 Å². The fraction of sp³-hybridized carbons (Fsp3) is 0.913. The van der Waals surface area contributed by atoms with Crippen LogP contribution in [-0.4, -0.2) is 182 Å². The first kappa shape index (κ1) is 73.2. The molecule has 388 valence electrons. The monoisotopic (exact) mass is 928 g/mol. The standard InChI is InChI=1S/C32H66N8O8.C4H9NO.5C2H6/c1-33-13-6-20-46-31-30(45-22-8-15-39-27(42)11-18-35-3)29(44-21-7-14-38-26(41)10-17-34-2)25(24-37-5)48-32(31)47-23-9-16-40-28(43)12-19-36-4;1-5-3-2-4-6;5*1-2/h25,29-37H,6-24H2,1-5H3,(H,38,41)(H,39,42)(H,40,43);4-5H,2-3H2,1H3;5*1-2H3. The Morgan fingerprint density at radius 2 is 0.781 bits per heavy atom. The summed E-state index contributed by atoms with van der Waals surface area (Å²) in [6, 6.07) is 0. The van der Waals surface area contributed by atoms with Crippen LogP contribution in [0, 0.1) is 0 Å². The molecule has 9 N–H and O–H groups in total. The number of carbonyl (C=O) groups excluding carboxylic acids is 4. The number of amides is 3. The first-order chi connectivity index (χ1) is 31.3. The lowest BCUT2D eigenvalue weighted by molar-refractivity contribution is -0.317. The van der Waals surface area contributed by atoms with Gasteiger partial charge >= 0.3 is 0 Å². The Bertz CT molecular complexity index is 932. The molecule has 18 nitrogen and oxygen atoms in total. The molecule has 0 saturated carbocycles. The van der Waals surface area contributed by atoms with Gasteiger partial charge < -0.3 is 76.3 Å². The minimum atomic E-state index is -0.726. The van der Waals surface area contributed by atoms with Gasteiger partial charge in [-0.3, -0.25) is 14.4 Å². The first-order valence-corrected chi connectivity index (χ1v) is 24.6. The summed E-state index contributed by atoms with van der Waals surface area (Å²) in [6.45, 7) is 26.9. The molecule has 64 heavy (non-hydrogen) atoms. The Balaban J connectivity index is -0.000000459. The summed E-state index contributed by atoms with van der Waals surface area (Å²) in [4.78, 5) is 45.6. The highest BCUT2D eigenvalue weighted by molar-refractivity contribution is 5.76. The highest BCUT2D eigenvalue weighted by Crippen LogP contribution is 2.29. The molecule has 3 amide bonds. The van der Waals surface area contributed by atoms with E-state index in [0.29, 0.717) is 117 Å². The van der Waals surface area contributed by atoms with Crippen LogP contribution < -0.4 is 47.9 Å². The van der Waals surface area contributed by atoms with Gasteiger partial charge in [-0.05, 0) is 74.5 Å². The fourth-order valence-electron chi connectivity index (χ4n) is 5.14. The average Bonchev–Trinajstić information content (AvgIpc) is 3.34. The zero-order valence-corrected chi connectivity index (χ0v) is 44.0. The van der Waals surface area contributed by atoms with Crippen molar-refractivity contribution in [1.82, 2.24) is 47.9 Å². The van der Waals surface area contributed by atoms with Crippen molar-refractivity contribution in [3.63, 3.8) is 0 Å². The molecule has 5 unspecified atom stereocenters. The number of aldehydes is 1. The number of carbonyl (C=O) groups is 4. The van der Waals surface area contributed by atoms with Crippen molar-refractivity contribution < 1.29 is 42.9 Å². The third kappa shape index (κ3) is 47.6. The van der Waals surface area contributed by atoms with Crippen molar-refractivity contribution in [2.24, 2.45) is 0 Å². The Morgan fingerprint density at radius 1 is 0.438 bits per heavy atom. The molecule has 0 aliphatic carbocycles. The average molecular weight is 928 g/mol. The van der Waals surface area contributed by atoms with Crippen LogP contribution in [0.3, 0.4) is 0 Å². The third-order valence-corrected chi connectivity index (χ3v) is 8.03. The van der Waals surface area contributed by atoms with E-state index in [2.05, 4.69) is 47.9 Å². The van der Waals surface area contributed by atoms with E-state index < -0.39 is 30.7 Å². The first-order valence-electron chi connectivity index (χ1n) is 24.6. The normalized spacial score (nSPS) is 16.8. The summed E-state index contributed by atoms with van der Waals surface area (Å²) in [5.74, 6) is -0.0336. The van der Waals surface area contributed by atoms with Crippen LogP contribution in [0.15, 0.2) is 0 Å². The molecule has 0 aromatic carbocycles. The van der Waals surface area contributed by atoms with Gasteiger partial charge in [0, 0.05) is 97.9 Å². The number of hydrogen-bond donors (Lipinski definition) is 9. The van der Waals surface area contributed by atoms with E-state index in [1.54, 1.807) is 0 Å². The molecule has 1 fully saturated rings. The molecule has 0 radical (unpaired) electrons.